The number of halogens is 2. The number of piperazine rings is 1. The van der Waals surface area contributed by atoms with Gasteiger partial charge in [0.2, 0.25) is 0 Å². The number of aliphatic imine (C=N–C) groups is 1. The molecule has 3 fully saturated rings. The average Bonchev–Trinajstić information content (AvgIpc) is 3.40. The molecule has 138 valence electrons. The number of hydrogen-bond acceptors (Lipinski definition) is 2. The highest BCUT2D eigenvalue weighted by Crippen LogP contribution is 2.57. The minimum atomic E-state index is -0.186. The Morgan fingerprint density at radius 1 is 1.12 bits per heavy atom. The minimum absolute atomic E-state index is 0. The molecule has 1 aromatic rings. The molecule has 4 nitrogen and oxygen atoms in total. The molecule has 0 atom stereocenters. The van der Waals surface area contributed by atoms with Gasteiger partial charge < -0.3 is 15.5 Å². The topological polar surface area (TPSA) is 44.9 Å². The van der Waals surface area contributed by atoms with Gasteiger partial charge in [-0.05, 0) is 61.3 Å². The Balaban J connectivity index is 0.00000182. The monoisotopic (exact) mass is 458 g/mol. The van der Waals surface area contributed by atoms with Crippen molar-refractivity contribution in [2.24, 2.45) is 22.1 Å². The predicted molar refractivity (Wildman–Crippen MR) is 111 cm³/mol. The Labute approximate surface area is 166 Å². The fraction of sp³-hybridized carbons (Fsp3) is 0.632. The number of hydrogen-bond donors (Lipinski definition) is 1. The van der Waals surface area contributed by atoms with Crippen LogP contribution >= 0.6 is 24.0 Å². The van der Waals surface area contributed by atoms with Crippen LogP contribution in [0.1, 0.15) is 32.1 Å². The summed E-state index contributed by atoms with van der Waals surface area (Å²) in [5.74, 6) is 1.44. The SMILES string of the molecule is I.NC(=NCC1(C2CC2)CCC1)N1CCN(c2ccc(F)cc2)CC1. The molecule has 0 amide bonds. The van der Waals surface area contributed by atoms with Crippen LogP contribution in [0.25, 0.3) is 0 Å². The van der Waals surface area contributed by atoms with E-state index in [1.807, 2.05) is 12.1 Å². The summed E-state index contributed by atoms with van der Waals surface area (Å²) >= 11 is 0. The molecule has 2 aliphatic carbocycles. The van der Waals surface area contributed by atoms with Gasteiger partial charge in [0.05, 0.1) is 0 Å². The van der Waals surface area contributed by atoms with E-state index in [-0.39, 0.29) is 29.8 Å². The van der Waals surface area contributed by atoms with Crippen LogP contribution in [0.4, 0.5) is 10.1 Å². The Hall–Kier alpha value is -1.05. The number of anilines is 1. The molecular formula is C19H28FIN4. The Bertz CT molecular complexity index is 602. The predicted octanol–water partition coefficient (Wildman–Crippen LogP) is 3.46. The van der Waals surface area contributed by atoms with Crippen molar-refractivity contribution in [1.29, 1.82) is 0 Å². The van der Waals surface area contributed by atoms with Gasteiger partial charge in [0.1, 0.15) is 5.82 Å². The zero-order valence-corrected chi connectivity index (χ0v) is 17.0. The number of nitrogens with zero attached hydrogens (tertiary/aromatic N) is 3. The van der Waals surface area contributed by atoms with Crippen molar-refractivity contribution in [2.45, 2.75) is 32.1 Å². The van der Waals surface area contributed by atoms with Gasteiger partial charge in [-0.1, -0.05) is 6.42 Å². The molecule has 0 bridgehead atoms. The molecule has 0 spiro atoms. The van der Waals surface area contributed by atoms with Crippen LogP contribution in [0, 0.1) is 17.2 Å². The second kappa shape index (κ2) is 7.68. The quantitative estimate of drug-likeness (QED) is 0.427. The lowest BCUT2D eigenvalue weighted by Gasteiger charge is -2.42. The molecule has 1 aromatic carbocycles. The van der Waals surface area contributed by atoms with Crippen LogP contribution in [0.3, 0.4) is 0 Å². The minimum Gasteiger partial charge on any atom is -0.370 e. The molecule has 2 N–H and O–H groups in total. The highest BCUT2D eigenvalue weighted by Gasteiger charge is 2.48. The van der Waals surface area contributed by atoms with E-state index in [1.165, 1.54) is 44.2 Å². The van der Waals surface area contributed by atoms with E-state index in [0.717, 1.165) is 44.3 Å². The summed E-state index contributed by atoms with van der Waals surface area (Å²) in [4.78, 5) is 9.24. The van der Waals surface area contributed by atoms with Crippen molar-refractivity contribution in [1.82, 2.24) is 4.90 Å². The molecule has 1 saturated heterocycles. The molecule has 6 heteroatoms. The fourth-order valence-corrected chi connectivity index (χ4v) is 4.21. The van der Waals surface area contributed by atoms with Crippen LogP contribution in [0.15, 0.2) is 29.3 Å². The third-order valence-corrected chi connectivity index (χ3v) is 6.14. The molecule has 25 heavy (non-hydrogen) atoms. The second-order valence-corrected chi connectivity index (χ2v) is 7.62. The maximum atomic E-state index is 13.0. The molecule has 4 rings (SSSR count). The Kier molecular flexibility index (Phi) is 5.75. The summed E-state index contributed by atoms with van der Waals surface area (Å²) in [6.45, 7) is 4.47. The third-order valence-electron chi connectivity index (χ3n) is 6.14. The zero-order valence-electron chi connectivity index (χ0n) is 14.7. The molecule has 0 unspecified atom stereocenters. The second-order valence-electron chi connectivity index (χ2n) is 7.62. The lowest BCUT2D eigenvalue weighted by atomic mass is 9.65. The van der Waals surface area contributed by atoms with E-state index in [0.29, 0.717) is 11.4 Å². The Morgan fingerprint density at radius 3 is 2.28 bits per heavy atom. The Morgan fingerprint density at radius 2 is 1.76 bits per heavy atom. The third kappa shape index (κ3) is 4.04. The normalized spacial score (nSPS) is 23.0. The van der Waals surface area contributed by atoms with Crippen molar-refractivity contribution in [3.63, 3.8) is 0 Å². The van der Waals surface area contributed by atoms with Gasteiger partial charge in [-0.2, -0.15) is 0 Å². The van der Waals surface area contributed by atoms with Crippen molar-refractivity contribution < 1.29 is 4.39 Å². The molecule has 0 radical (unpaired) electrons. The molecular weight excluding hydrogens is 430 g/mol. The highest BCUT2D eigenvalue weighted by molar-refractivity contribution is 14.0. The van der Waals surface area contributed by atoms with Crippen molar-refractivity contribution >= 4 is 35.6 Å². The number of guanidine groups is 1. The van der Waals surface area contributed by atoms with Gasteiger partial charge in [-0.15, -0.1) is 24.0 Å². The van der Waals surface area contributed by atoms with Crippen LogP contribution in [0.2, 0.25) is 0 Å². The first-order chi connectivity index (χ1) is 11.7. The van der Waals surface area contributed by atoms with Crippen LogP contribution < -0.4 is 10.6 Å². The maximum Gasteiger partial charge on any atom is 0.191 e. The maximum absolute atomic E-state index is 13.0. The first-order valence-corrected chi connectivity index (χ1v) is 9.22. The summed E-state index contributed by atoms with van der Waals surface area (Å²) in [5, 5.41) is 0. The van der Waals surface area contributed by atoms with E-state index in [9.17, 15) is 4.39 Å². The average molecular weight is 458 g/mol. The van der Waals surface area contributed by atoms with E-state index in [4.69, 9.17) is 10.7 Å². The lowest BCUT2D eigenvalue weighted by Crippen LogP contribution is -2.51. The number of benzene rings is 1. The largest absolute Gasteiger partial charge is 0.370 e. The summed E-state index contributed by atoms with van der Waals surface area (Å²) in [6.07, 6.45) is 6.83. The van der Waals surface area contributed by atoms with E-state index in [1.54, 1.807) is 0 Å². The summed E-state index contributed by atoms with van der Waals surface area (Å²) in [6, 6.07) is 6.73. The van der Waals surface area contributed by atoms with Crippen molar-refractivity contribution in [2.75, 3.05) is 37.6 Å². The molecule has 2 saturated carbocycles. The standard InChI is InChI=1S/C19H27FN4.HI/c20-16-4-6-17(7-5-16)23-10-12-24(13-11-23)18(21)22-14-19(8-1-9-19)15-2-3-15;/h4-7,15H,1-3,8-14H2,(H2,21,22);1H. The van der Waals surface area contributed by atoms with E-state index in [2.05, 4.69) is 9.80 Å². The van der Waals surface area contributed by atoms with Gasteiger partial charge in [0, 0.05) is 38.4 Å². The number of rotatable bonds is 4. The van der Waals surface area contributed by atoms with Crippen molar-refractivity contribution in [3.05, 3.63) is 30.1 Å². The van der Waals surface area contributed by atoms with Gasteiger partial charge in [-0.25, -0.2) is 4.39 Å². The van der Waals surface area contributed by atoms with Gasteiger partial charge in [0.15, 0.2) is 5.96 Å². The van der Waals surface area contributed by atoms with Gasteiger partial charge >= 0.3 is 0 Å². The number of nitrogens with two attached hydrogens (primary N) is 1. The first-order valence-electron chi connectivity index (χ1n) is 9.22. The first kappa shape index (κ1) is 18.7. The van der Waals surface area contributed by atoms with Gasteiger partial charge in [0.25, 0.3) is 0 Å². The van der Waals surface area contributed by atoms with Crippen LogP contribution in [0.5, 0.6) is 0 Å². The van der Waals surface area contributed by atoms with Crippen LogP contribution in [-0.4, -0.2) is 43.6 Å². The summed E-state index contributed by atoms with van der Waals surface area (Å²) in [5.41, 5.74) is 7.83. The summed E-state index contributed by atoms with van der Waals surface area (Å²) < 4.78 is 13.0. The molecule has 1 aliphatic heterocycles. The smallest absolute Gasteiger partial charge is 0.191 e. The van der Waals surface area contributed by atoms with Crippen LogP contribution in [-0.2, 0) is 0 Å². The van der Waals surface area contributed by atoms with E-state index >= 15 is 0 Å². The fourth-order valence-electron chi connectivity index (χ4n) is 4.21. The van der Waals surface area contributed by atoms with Crippen molar-refractivity contribution in [3.8, 4) is 0 Å². The molecule has 3 aliphatic rings. The lowest BCUT2D eigenvalue weighted by molar-refractivity contribution is 0.113. The zero-order chi connectivity index (χ0) is 16.6. The van der Waals surface area contributed by atoms with Gasteiger partial charge in [-0.3, -0.25) is 4.99 Å². The molecule has 0 aromatic heterocycles. The summed E-state index contributed by atoms with van der Waals surface area (Å²) in [7, 11) is 0. The highest BCUT2D eigenvalue weighted by atomic mass is 127. The van der Waals surface area contributed by atoms with E-state index < -0.39 is 0 Å². The molecule has 1 heterocycles.